The number of rotatable bonds is 1. The van der Waals surface area contributed by atoms with Crippen LogP contribution in [-0.2, 0) is 9.53 Å². The zero-order valence-corrected chi connectivity index (χ0v) is 10.6. The van der Waals surface area contributed by atoms with Crippen molar-refractivity contribution >= 4 is 23.3 Å². The van der Waals surface area contributed by atoms with Gasteiger partial charge in [0.15, 0.2) is 0 Å². The topological polar surface area (TPSA) is 75.9 Å². The summed E-state index contributed by atoms with van der Waals surface area (Å²) in [6.07, 6.45) is 0. The Bertz CT molecular complexity index is 528. The van der Waals surface area contributed by atoms with Crippen molar-refractivity contribution in [1.29, 1.82) is 0 Å². The minimum Gasteiger partial charge on any atom is -0.399 e. The van der Waals surface area contributed by atoms with E-state index < -0.39 is 0 Å². The number of hydrogen-bond acceptors (Lipinski definition) is 4. The van der Waals surface area contributed by atoms with Gasteiger partial charge in [-0.3, -0.25) is 4.79 Å². The third-order valence-electron chi connectivity index (χ3n) is 3.73. The van der Waals surface area contributed by atoms with E-state index in [1.165, 1.54) is 4.90 Å². The Labute approximate surface area is 110 Å². The normalized spacial score (nSPS) is 26.8. The first-order chi connectivity index (χ1) is 9.09. The minimum absolute atomic E-state index is 0.148. The first-order valence-corrected chi connectivity index (χ1v) is 6.13. The molecule has 6 heteroatoms. The fraction of sp³-hybridized carbons (Fsp3) is 0.385. The van der Waals surface area contributed by atoms with Gasteiger partial charge >= 0.3 is 6.03 Å². The largest absolute Gasteiger partial charge is 0.399 e. The number of benzene rings is 1. The highest BCUT2D eigenvalue weighted by atomic mass is 16.5. The molecular formula is C13H15N3O3. The summed E-state index contributed by atoms with van der Waals surface area (Å²) >= 11 is 0. The molecule has 0 aliphatic carbocycles. The van der Waals surface area contributed by atoms with Crippen LogP contribution in [0.25, 0.3) is 0 Å². The molecule has 19 heavy (non-hydrogen) atoms. The van der Waals surface area contributed by atoms with E-state index in [4.69, 9.17) is 10.5 Å². The highest BCUT2D eigenvalue weighted by molar-refractivity contribution is 6.17. The lowest BCUT2D eigenvalue weighted by atomic mass is 9.98. The molecule has 2 N–H and O–H groups in total. The smallest absolute Gasteiger partial charge is 0.331 e. The number of nitrogens with zero attached hydrogens (tertiary/aromatic N) is 2. The molecule has 0 saturated carbocycles. The summed E-state index contributed by atoms with van der Waals surface area (Å²) in [4.78, 5) is 27.5. The first-order valence-electron chi connectivity index (χ1n) is 6.13. The quantitative estimate of drug-likeness (QED) is 0.754. The summed E-state index contributed by atoms with van der Waals surface area (Å²) < 4.78 is 5.32. The molecule has 2 unspecified atom stereocenters. The Morgan fingerprint density at radius 1 is 1.21 bits per heavy atom. The van der Waals surface area contributed by atoms with Crippen molar-refractivity contribution in [2.45, 2.75) is 6.04 Å². The fourth-order valence-corrected chi connectivity index (χ4v) is 2.58. The summed E-state index contributed by atoms with van der Waals surface area (Å²) in [6.45, 7) is 0.792. The monoisotopic (exact) mass is 261 g/mol. The number of carbonyl (C=O) groups is 2. The van der Waals surface area contributed by atoms with Crippen LogP contribution in [0, 0.1) is 5.92 Å². The Hall–Kier alpha value is -2.08. The molecule has 1 aromatic carbocycles. The van der Waals surface area contributed by atoms with E-state index in [1.807, 2.05) is 0 Å². The number of ether oxygens (including phenoxy) is 1. The van der Waals surface area contributed by atoms with Crippen LogP contribution in [0.1, 0.15) is 0 Å². The van der Waals surface area contributed by atoms with Crippen LogP contribution < -0.4 is 10.6 Å². The molecule has 3 amide bonds. The molecule has 100 valence electrons. The Morgan fingerprint density at radius 3 is 2.58 bits per heavy atom. The maximum absolute atomic E-state index is 12.4. The number of fused-ring (bicyclic) bond motifs is 1. The van der Waals surface area contributed by atoms with Gasteiger partial charge in [-0.2, -0.15) is 0 Å². The second-order valence-electron chi connectivity index (χ2n) is 4.87. The number of likely N-dealkylation sites (N-methyl/N-ethyl adjacent to an activating group) is 1. The van der Waals surface area contributed by atoms with Crippen molar-refractivity contribution in [3.05, 3.63) is 24.3 Å². The maximum Gasteiger partial charge on any atom is 0.331 e. The van der Waals surface area contributed by atoms with Gasteiger partial charge in [-0.15, -0.1) is 0 Å². The Morgan fingerprint density at radius 2 is 1.89 bits per heavy atom. The minimum atomic E-state index is -0.318. The van der Waals surface area contributed by atoms with Gasteiger partial charge in [0.1, 0.15) is 0 Å². The van der Waals surface area contributed by atoms with Gasteiger partial charge in [0, 0.05) is 12.7 Å². The lowest BCUT2D eigenvalue weighted by molar-refractivity contribution is -0.124. The van der Waals surface area contributed by atoms with Gasteiger partial charge in [-0.1, -0.05) is 0 Å². The highest BCUT2D eigenvalue weighted by Crippen LogP contribution is 2.30. The van der Waals surface area contributed by atoms with E-state index in [2.05, 4.69) is 0 Å². The summed E-state index contributed by atoms with van der Waals surface area (Å²) in [5.41, 5.74) is 6.76. The molecule has 2 heterocycles. The van der Waals surface area contributed by atoms with Crippen molar-refractivity contribution in [3.63, 3.8) is 0 Å². The Balaban J connectivity index is 1.98. The van der Waals surface area contributed by atoms with E-state index >= 15 is 0 Å². The SMILES string of the molecule is CN1C(=O)N(c2ccc(N)cc2)C(=O)C2COCC21. The second kappa shape index (κ2) is 4.24. The average molecular weight is 261 g/mol. The number of anilines is 2. The molecule has 0 spiro atoms. The van der Waals surface area contributed by atoms with Crippen molar-refractivity contribution in [2.75, 3.05) is 30.9 Å². The van der Waals surface area contributed by atoms with Crippen LogP contribution in [0.2, 0.25) is 0 Å². The summed E-state index contributed by atoms with van der Waals surface area (Å²) in [6, 6.07) is 6.23. The molecule has 2 fully saturated rings. The lowest BCUT2D eigenvalue weighted by Crippen LogP contribution is -2.60. The molecule has 0 bridgehead atoms. The predicted molar refractivity (Wildman–Crippen MR) is 69.6 cm³/mol. The molecule has 2 saturated heterocycles. The van der Waals surface area contributed by atoms with E-state index in [-0.39, 0.29) is 23.9 Å². The highest BCUT2D eigenvalue weighted by Gasteiger charge is 2.48. The number of imide groups is 1. The summed E-state index contributed by atoms with van der Waals surface area (Å²) in [5.74, 6) is -0.476. The molecule has 2 aliphatic rings. The lowest BCUT2D eigenvalue weighted by Gasteiger charge is -2.38. The van der Waals surface area contributed by atoms with E-state index in [9.17, 15) is 9.59 Å². The number of carbonyl (C=O) groups excluding carboxylic acids is 2. The van der Waals surface area contributed by atoms with E-state index in [0.717, 1.165) is 0 Å². The third-order valence-corrected chi connectivity index (χ3v) is 3.73. The van der Waals surface area contributed by atoms with Gasteiger partial charge in [0.2, 0.25) is 5.91 Å². The van der Waals surface area contributed by atoms with Crippen molar-refractivity contribution < 1.29 is 14.3 Å². The summed E-state index contributed by atoms with van der Waals surface area (Å²) in [5, 5.41) is 0. The van der Waals surface area contributed by atoms with Gasteiger partial charge in [0.05, 0.1) is 30.9 Å². The number of urea groups is 1. The number of nitrogens with two attached hydrogens (primary N) is 1. The molecule has 0 radical (unpaired) electrons. The third kappa shape index (κ3) is 1.76. The summed E-state index contributed by atoms with van der Waals surface area (Å²) in [7, 11) is 1.70. The molecule has 2 aliphatic heterocycles. The zero-order valence-electron chi connectivity index (χ0n) is 10.6. The van der Waals surface area contributed by atoms with Crippen molar-refractivity contribution in [1.82, 2.24) is 4.90 Å². The number of nitrogen functional groups attached to an aromatic ring is 1. The molecule has 2 atom stereocenters. The fourth-order valence-electron chi connectivity index (χ4n) is 2.58. The van der Waals surface area contributed by atoms with Crippen LogP contribution >= 0.6 is 0 Å². The van der Waals surface area contributed by atoms with Crippen LogP contribution in [0.5, 0.6) is 0 Å². The van der Waals surface area contributed by atoms with Crippen LogP contribution in [0.3, 0.4) is 0 Å². The van der Waals surface area contributed by atoms with Gasteiger partial charge < -0.3 is 15.4 Å². The molecule has 6 nitrogen and oxygen atoms in total. The van der Waals surface area contributed by atoms with Gasteiger partial charge in [-0.25, -0.2) is 9.69 Å². The Kier molecular flexibility index (Phi) is 2.67. The molecule has 1 aromatic rings. The predicted octanol–water partition coefficient (Wildman–Crippen LogP) is 0.682. The van der Waals surface area contributed by atoms with Crippen LogP contribution in [0.4, 0.5) is 16.2 Å². The van der Waals surface area contributed by atoms with E-state index in [0.29, 0.717) is 24.6 Å². The van der Waals surface area contributed by atoms with Gasteiger partial charge in [0.25, 0.3) is 0 Å². The average Bonchev–Trinajstić information content (AvgIpc) is 2.88. The van der Waals surface area contributed by atoms with E-state index in [1.54, 1.807) is 36.2 Å². The molecule has 3 rings (SSSR count). The number of amides is 3. The first kappa shape index (κ1) is 12.0. The molecular weight excluding hydrogens is 246 g/mol. The standard InChI is InChI=1S/C13H15N3O3/c1-15-11-7-19-6-10(11)12(17)16(13(15)18)9-4-2-8(14)3-5-9/h2-5,10-11H,6-7,14H2,1H3. The maximum atomic E-state index is 12.4. The van der Waals surface area contributed by atoms with Crippen molar-refractivity contribution in [2.24, 2.45) is 5.92 Å². The van der Waals surface area contributed by atoms with Crippen molar-refractivity contribution in [3.8, 4) is 0 Å². The van der Waals surface area contributed by atoms with Gasteiger partial charge in [-0.05, 0) is 24.3 Å². The second-order valence-corrected chi connectivity index (χ2v) is 4.87. The van der Waals surface area contributed by atoms with Crippen LogP contribution in [0.15, 0.2) is 24.3 Å². The van der Waals surface area contributed by atoms with Crippen LogP contribution in [-0.4, -0.2) is 43.1 Å². The molecule has 0 aromatic heterocycles. The number of hydrogen-bond donors (Lipinski definition) is 1. The zero-order chi connectivity index (χ0) is 13.6.